The Morgan fingerprint density at radius 3 is 2.74 bits per heavy atom. The van der Waals surface area contributed by atoms with Crippen LogP contribution in [0.5, 0.6) is 0 Å². The first-order valence-electron chi connectivity index (χ1n) is 5.89. The minimum Gasteiger partial charge on any atom is -0.398 e. The Morgan fingerprint density at radius 2 is 2.11 bits per heavy atom. The first kappa shape index (κ1) is 13.5. The number of aryl methyl sites for hydroxylation is 1. The number of rotatable bonds is 3. The van der Waals surface area contributed by atoms with Gasteiger partial charge in [-0.3, -0.25) is 4.79 Å². The first-order valence-corrected chi connectivity index (χ1v) is 6.71. The Morgan fingerprint density at radius 1 is 1.37 bits per heavy atom. The second kappa shape index (κ2) is 5.40. The fourth-order valence-corrected chi connectivity index (χ4v) is 2.64. The Balaban J connectivity index is 2.15. The van der Waals surface area contributed by atoms with Crippen LogP contribution in [0, 0.1) is 12.7 Å². The van der Waals surface area contributed by atoms with E-state index >= 15 is 0 Å². The van der Waals surface area contributed by atoms with Crippen LogP contribution in [0.3, 0.4) is 0 Å². The van der Waals surface area contributed by atoms with Crippen LogP contribution in [0.1, 0.15) is 33.1 Å². The van der Waals surface area contributed by atoms with Crippen LogP contribution in [-0.4, -0.2) is 5.91 Å². The molecule has 2 aromatic rings. The van der Waals surface area contributed by atoms with Crippen molar-refractivity contribution >= 4 is 22.9 Å². The summed E-state index contributed by atoms with van der Waals surface area (Å²) >= 11 is 1.62. The number of carbonyl (C=O) groups excluding carboxylic acids is 1. The van der Waals surface area contributed by atoms with Gasteiger partial charge in [0.25, 0.3) is 5.91 Å². The number of nitrogens with one attached hydrogen (secondary N) is 1. The van der Waals surface area contributed by atoms with E-state index in [4.69, 9.17) is 5.73 Å². The number of hydrogen-bond donors (Lipinski definition) is 2. The highest BCUT2D eigenvalue weighted by Crippen LogP contribution is 2.23. The van der Waals surface area contributed by atoms with Gasteiger partial charge in [-0.2, -0.15) is 0 Å². The molecule has 1 atom stereocenters. The molecule has 0 spiro atoms. The van der Waals surface area contributed by atoms with Crippen LogP contribution >= 0.6 is 11.3 Å². The highest BCUT2D eigenvalue weighted by Gasteiger charge is 2.15. The lowest BCUT2D eigenvalue weighted by Gasteiger charge is -2.13. The molecule has 5 heteroatoms. The number of amides is 1. The van der Waals surface area contributed by atoms with E-state index in [9.17, 15) is 9.18 Å². The van der Waals surface area contributed by atoms with Crippen molar-refractivity contribution in [3.8, 4) is 0 Å². The van der Waals surface area contributed by atoms with Crippen molar-refractivity contribution in [1.29, 1.82) is 0 Å². The fourth-order valence-electron chi connectivity index (χ4n) is 1.76. The van der Waals surface area contributed by atoms with E-state index in [1.165, 1.54) is 17.0 Å². The van der Waals surface area contributed by atoms with Crippen molar-refractivity contribution in [3.63, 3.8) is 0 Å². The zero-order chi connectivity index (χ0) is 14.0. The SMILES string of the molecule is Cc1ccc(C(C)NC(=O)c2cc(F)ccc2N)s1. The monoisotopic (exact) mass is 278 g/mol. The number of hydrogen-bond acceptors (Lipinski definition) is 3. The maximum absolute atomic E-state index is 13.1. The second-order valence-electron chi connectivity index (χ2n) is 4.38. The van der Waals surface area contributed by atoms with E-state index in [2.05, 4.69) is 5.32 Å². The summed E-state index contributed by atoms with van der Waals surface area (Å²) in [6.45, 7) is 3.89. The molecule has 0 bridgehead atoms. The molecule has 2 rings (SSSR count). The van der Waals surface area contributed by atoms with Crippen molar-refractivity contribution < 1.29 is 9.18 Å². The lowest BCUT2D eigenvalue weighted by Crippen LogP contribution is -2.27. The van der Waals surface area contributed by atoms with E-state index in [1.807, 2.05) is 26.0 Å². The zero-order valence-corrected chi connectivity index (χ0v) is 11.6. The maximum atomic E-state index is 13.1. The highest BCUT2D eigenvalue weighted by atomic mass is 32.1. The summed E-state index contributed by atoms with van der Waals surface area (Å²) in [7, 11) is 0. The number of benzene rings is 1. The molecule has 3 N–H and O–H groups in total. The van der Waals surface area contributed by atoms with Gasteiger partial charge < -0.3 is 11.1 Å². The molecule has 0 aliphatic rings. The Labute approximate surface area is 115 Å². The minimum absolute atomic E-state index is 0.131. The van der Waals surface area contributed by atoms with Gasteiger partial charge >= 0.3 is 0 Å². The summed E-state index contributed by atoms with van der Waals surface area (Å²) in [5.41, 5.74) is 6.12. The molecule has 1 heterocycles. The Bertz CT molecular complexity index is 609. The number of nitrogens with two attached hydrogens (primary N) is 1. The third kappa shape index (κ3) is 3.12. The molecule has 0 fully saturated rings. The average Bonchev–Trinajstić information content (AvgIpc) is 2.79. The third-order valence-corrected chi connectivity index (χ3v) is 3.98. The molecule has 1 aromatic carbocycles. The molecule has 1 aromatic heterocycles. The van der Waals surface area contributed by atoms with Crippen molar-refractivity contribution in [2.24, 2.45) is 0 Å². The van der Waals surface area contributed by atoms with Gasteiger partial charge in [-0.25, -0.2) is 4.39 Å². The minimum atomic E-state index is -0.473. The van der Waals surface area contributed by atoms with Crippen LogP contribution in [-0.2, 0) is 0 Å². The summed E-state index contributed by atoms with van der Waals surface area (Å²) < 4.78 is 13.1. The normalized spacial score (nSPS) is 12.2. The zero-order valence-electron chi connectivity index (χ0n) is 10.7. The predicted molar refractivity (Wildman–Crippen MR) is 75.7 cm³/mol. The van der Waals surface area contributed by atoms with Gasteiger partial charge in [-0.15, -0.1) is 11.3 Å². The summed E-state index contributed by atoms with van der Waals surface area (Å²) in [6, 6.07) is 7.62. The standard InChI is InChI=1S/C14H15FN2OS/c1-8-3-6-13(19-8)9(2)17-14(18)11-7-10(15)4-5-12(11)16/h3-7,9H,16H2,1-2H3,(H,17,18). The number of halogens is 1. The van der Waals surface area contributed by atoms with E-state index < -0.39 is 5.82 Å². The molecular weight excluding hydrogens is 263 g/mol. The molecule has 0 aliphatic carbocycles. The van der Waals surface area contributed by atoms with E-state index in [-0.39, 0.29) is 23.2 Å². The highest BCUT2D eigenvalue weighted by molar-refractivity contribution is 7.12. The molecule has 0 saturated heterocycles. The van der Waals surface area contributed by atoms with Gasteiger partial charge in [0.2, 0.25) is 0 Å². The molecular formula is C14H15FN2OS. The summed E-state index contributed by atoms with van der Waals surface area (Å²) in [5, 5.41) is 2.82. The van der Waals surface area contributed by atoms with Crippen molar-refractivity contribution in [2.45, 2.75) is 19.9 Å². The van der Waals surface area contributed by atoms with Crippen LogP contribution in [0.15, 0.2) is 30.3 Å². The van der Waals surface area contributed by atoms with Crippen LogP contribution in [0.4, 0.5) is 10.1 Å². The largest absolute Gasteiger partial charge is 0.398 e. The predicted octanol–water partition coefficient (Wildman–Crippen LogP) is 3.27. The van der Waals surface area contributed by atoms with Crippen LogP contribution in [0.25, 0.3) is 0 Å². The molecule has 0 radical (unpaired) electrons. The molecule has 1 unspecified atom stereocenters. The van der Waals surface area contributed by atoms with Gasteiger partial charge in [0.1, 0.15) is 5.82 Å². The number of anilines is 1. The van der Waals surface area contributed by atoms with Crippen LogP contribution in [0.2, 0.25) is 0 Å². The summed E-state index contributed by atoms with van der Waals surface area (Å²) in [5.74, 6) is -0.838. The second-order valence-corrected chi connectivity index (χ2v) is 5.69. The van der Waals surface area contributed by atoms with Crippen molar-refractivity contribution in [1.82, 2.24) is 5.32 Å². The average molecular weight is 278 g/mol. The van der Waals surface area contributed by atoms with Gasteiger partial charge in [0, 0.05) is 15.4 Å². The van der Waals surface area contributed by atoms with Gasteiger partial charge in [-0.1, -0.05) is 0 Å². The molecule has 0 aliphatic heterocycles. The van der Waals surface area contributed by atoms with Gasteiger partial charge in [0.15, 0.2) is 0 Å². The summed E-state index contributed by atoms with van der Waals surface area (Å²) in [6.07, 6.45) is 0. The molecule has 1 amide bonds. The first-order chi connectivity index (χ1) is 8.97. The molecule has 19 heavy (non-hydrogen) atoms. The number of carbonyl (C=O) groups is 1. The van der Waals surface area contributed by atoms with E-state index in [0.29, 0.717) is 0 Å². The number of nitrogen functional groups attached to an aromatic ring is 1. The van der Waals surface area contributed by atoms with E-state index in [0.717, 1.165) is 10.9 Å². The fraction of sp³-hybridized carbons (Fsp3) is 0.214. The van der Waals surface area contributed by atoms with Crippen molar-refractivity contribution in [2.75, 3.05) is 5.73 Å². The third-order valence-electron chi connectivity index (χ3n) is 2.80. The summed E-state index contributed by atoms with van der Waals surface area (Å²) in [4.78, 5) is 14.3. The number of thiophene rings is 1. The van der Waals surface area contributed by atoms with Crippen LogP contribution < -0.4 is 11.1 Å². The lowest BCUT2D eigenvalue weighted by atomic mass is 10.1. The van der Waals surface area contributed by atoms with Crippen molar-refractivity contribution in [3.05, 3.63) is 51.5 Å². The quantitative estimate of drug-likeness (QED) is 0.847. The van der Waals surface area contributed by atoms with Gasteiger partial charge in [0.05, 0.1) is 11.6 Å². The Hall–Kier alpha value is -1.88. The molecule has 100 valence electrons. The van der Waals surface area contributed by atoms with Gasteiger partial charge in [-0.05, 0) is 44.2 Å². The molecule has 0 saturated carbocycles. The maximum Gasteiger partial charge on any atom is 0.253 e. The lowest BCUT2D eigenvalue weighted by molar-refractivity contribution is 0.0941. The van der Waals surface area contributed by atoms with E-state index in [1.54, 1.807) is 11.3 Å². The topological polar surface area (TPSA) is 55.1 Å². The Kier molecular flexibility index (Phi) is 3.85. The smallest absolute Gasteiger partial charge is 0.253 e. The molecule has 3 nitrogen and oxygen atoms in total.